The van der Waals surface area contributed by atoms with Crippen LogP contribution in [0, 0.1) is 0 Å². The summed E-state index contributed by atoms with van der Waals surface area (Å²) in [5.41, 5.74) is 1.86. The number of nitrogens with one attached hydrogen (secondary N) is 1. The van der Waals surface area contributed by atoms with E-state index in [9.17, 15) is 9.59 Å². The fraction of sp³-hybridized carbons (Fsp3) is 0.600. The number of nitrogens with zero attached hydrogens (tertiary/aromatic N) is 3. The standard InChI is InChI=1S/C20H30N4O2/c1-22(13-14-23-10-3-2-4-11-23)20(26)18-7-5-17(6-8-18)15-24-12-9-21-19(25)16-24/h5-8H,2-4,9-16H2,1H3,(H,21,25). The zero-order chi connectivity index (χ0) is 18.4. The second kappa shape index (κ2) is 9.14. The Kier molecular flexibility index (Phi) is 6.63. The summed E-state index contributed by atoms with van der Waals surface area (Å²) in [6.45, 7) is 6.80. The molecule has 2 fully saturated rings. The van der Waals surface area contributed by atoms with Crippen LogP contribution in [-0.4, -0.2) is 79.4 Å². The molecule has 6 nitrogen and oxygen atoms in total. The molecular formula is C20H30N4O2. The Labute approximate surface area is 156 Å². The van der Waals surface area contributed by atoms with Crippen molar-refractivity contribution in [2.45, 2.75) is 25.8 Å². The molecule has 3 rings (SSSR count). The van der Waals surface area contributed by atoms with Crippen LogP contribution in [0.5, 0.6) is 0 Å². The fourth-order valence-corrected chi connectivity index (χ4v) is 3.63. The van der Waals surface area contributed by atoms with E-state index in [0.717, 1.165) is 50.4 Å². The number of hydrogen-bond acceptors (Lipinski definition) is 4. The Balaban J connectivity index is 1.48. The van der Waals surface area contributed by atoms with Crippen LogP contribution in [-0.2, 0) is 11.3 Å². The maximum absolute atomic E-state index is 12.6. The molecule has 1 aromatic rings. The normalized spacial score (nSPS) is 19.2. The summed E-state index contributed by atoms with van der Waals surface area (Å²) in [7, 11) is 1.88. The largest absolute Gasteiger partial charge is 0.354 e. The Morgan fingerprint density at radius 3 is 2.50 bits per heavy atom. The van der Waals surface area contributed by atoms with Gasteiger partial charge in [-0.1, -0.05) is 18.6 Å². The minimum Gasteiger partial charge on any atom is -0.354 e. The summed E-state index contributed by atoms with van der Waals surface area (Å²) in [5.74, 6) is 0.157. The van der Waals surface area contributed by atoms with Gasteiger partial charge in [0.05, 0.1) is 6.54 Å². The van der Waals surface area contributed by atoms with Crippen LogP contribution in [0.4, 0.5) is 0 Å². The molecule has 2 heterocycles. The highest BCUT2D eigenvalue weighted by Crippen LogP contribution is 2.11. The van der Waals surface area contributed by atoms with Gasteiger partial charge in [0.25, 0.3) is 5.91 Å². The van der Waals surface area contributed by atoms with Crippen molar-refractivity contribution in [1.82, 2.24) is 20.0 Å². The van der Waals surface area contributed by atoms with Gasteiger partial charge < -0.3 is 15.1 Å². The summed E-state index contributed by atoms with van der Waals surface area (Å²) >= 11 is 0. The van der Waals surface area contributed by atoms with Gasteiger partial charge in [0.1, 0.15) is 0 Å². The third-order valence-corrected chi connectivity index (χ3v) is 5.27. The Hall–Kier alpha value is -1.92. The van der Waals surface area contributed by atoms with E-state index in [0.29, 0.717) is 13.1 Å². The molecule has 0 saturated carbocycles. The Morgan fingerprint density at radius 1 is 1.08 bits per heavy atom. The predicted molar refractivity (Wildman–Crippen MR) is 102 cm³/mol. The average molecular weight is 358 g/mol. The van der Waals surface area contributed by atoms with Gasteiger partial charge in [-0.15, -0.1) is 0 Å². The predicted octanol–water partition coefficient (Wildman–Crippen LogP) is 1.18. The van der Waals surface area contributed by atoms with Gasteiger partial charge in [-0.2, -0.15) is 0 Å². The molecule has 0 unspecified atom stereocenters. The molecule has 2 aliphatic rings. The highest BCUT2D eigenvalue weighted by molar-refractivity contribution is 5.94. The van der Waals surface area contributed by atoms with Gasteiger partial charge in [0.2, 0.25) is 5.91 Å². The smallest absolute Gasteiger partial charge is 0.253 e. The van der Waals surface area contributed by atoms with Crippen molar-refractivity contribution in [3.63, 3.8) is 0 Å². The second-order valence-corrected chi connectivity index (χ2v) is 7.39. The van der Waals surface area contributed by atoms with Crippen LogP contribution < -0.4 is 5.32 Å². The summed E-state index contributed by atoms with van der Waals surface area (Å²) in [5, 5.41) is 2.84. The van der Waals surface area contributed by atoms with E-state index in [1.807, 2.05) is 36.2 Å². The van der Waals surface area contributed by atoms with Crippen molar-refractivity contribution >= 4 is 11.8 Å². The molecule has 0 radical (unpaired) electrons. The van der Waals surface area contributed by atoms with E-state index in [2.05, 4.69) is 15.1 Å². The van der Waals surface area contributed by atoms with Gasteiger partial charge in [0, 0.05) is 45.3 Å². The van der Waals surface area contributed by atoms with Crippen molar-refractivity contribution in [3.05, 3.63) is 35.4 Å². The minimum absolute atomic E-state index is 0.0749. The summed E-state index contributed by atoms with van der Waals surface area (Å²) < 4.78 is 0. The first-order valence-corrected chi connectivity index (χ1v) is 9.67. The summed E-state index contributed by atoms with van der Waals surface area (Å²) in [6, 6.07) is 7.80. The lowest BCUT2D eigenvalue weighted by Gasteiger charge is -2.28. The number of carbonyl (C=O) groups is 2. The van der Waals surface area contributed by atoms with Gasteiger partial charge in [-0.05, 0) is 43.6 Å². The first kappa shape index (κ1) is 18.9. The molecule has 0 bridgehead atoms. The first-order valence-electron chi connectivity index (χ1n) is 9.67. The molecule has 0 spiro atoms. The number of likely N-dealkylation sites (tertiary alicyclic amines) is 1. The van der Waals surface area contributed by atoms with Crippen LogP contribution in [0.15, 0.2) is 24.3 Å². The van der Waals surface area contributed by atoms with Crippen LogP contribution in [0.1, 0.15) is 35.2 Å². The van der Waals surface area contributed by atoms with E-state index in [1.165, 1.54) is 19.3 Å². The van der Waals surface area contributed by atoms with Gasteiger partial charge >= 0.3 is 0 Å². The van der Waals surface area contributed by atoms with E-state index in [1.54, 1.807) is 0 Å². The van der Waals surface area contributed by atoms with Crippen molar-refractivity contribution in [3.8, 4) is 0 Å². The lowest BCUT2D eigenvalue weighted by Crippen LogP contribution is -2.47. The number of hydrogen-bond donors (Lipinski definition) is 1. The highest BCUT2D eigenvalue weighted by atomic mass is 16.2. The molecule has 26 heavy (non-hydrogen) atoms. The number of piperazine rings is 1. The summed E-state index contributed by atoms with van der Waals surface area (Å²) in [6.07, 6.45) is 3.88. The SMILES string of the molecule is CN(CCN1CCCCC1)C(=O)c1ccc(CN2CCNC(=O)C2)cc1. The number of carbonyl (C=O) groups excluding carboxylic acids is 2. The molecule has 2 amide bonds. The molecule has 2 saturated heterocycles. The third kappa shape index (κ3) is 5.29. The molecule has 0 atom stereocenters. The van der Waals surface area contributed by atoms with Gasteiger partial charge in [0.15, 0.2) is 0 Å². The highest BCUT2D eigenvalue weighted by Gasteiger charge is 2.17. The average Bonchev–Trinajstić information content (AvgIpc) is 2.67. The summed E-state index contributed by atoms with van der Waals surface area (Å²) in [4.78, 5) is 30.5. The quantitative estimate of drug-likeness (QED) is 0.830. The molecule has 1 N–H and O–H groups in total. The maximum Gasteiger partial charge on any atom is 0.253 e. The molecule has 2 aliphatic heterocycles. The Bertz CT molecular complexity index is 611. The van der Waals surface area contributed by atoms with Gasteiger partial charge in [-0.25, -0.2) is 0 Å². The minimum atomic E-state index is 0.0749. The van der Waals surface area contributed by atoms with E-state index < -0.39 is 0 Å². The van der Waals surface area contributed by atoms with Crippen molar-refractivity contribution < 1.29 is 9.59 Å². The van der Waals surface area contributed by atoms with Crippen molar-refractivity contribution in [1.29, 1.82) is 0 Å². The van der Waals surface area contributed by atoms with Crippen LogP contribution in [0.2, 0.25) is 0 Å². The topological polar surface area (TPSA) is 55.9 Å². The molecule has 1 aromatic carbocycles. The number of piperidine rings is 1. The first-order chi connectivity index (χ1) is 12.6. The fourth-order valence-electron chi connectivity index (χ4n) is 3.63. The number of likely N-dealkylation sites (N-methyl/N-ethyl adjacent to an activating group) is 1. The zero-order valence-electron chi connectivity index (χ0n) is 15.7. The van der Waals surface area contributed by atoms with Crippen molar-refractivity contribution in [2.75, 3.05) is 52.9 Å². The number of benzene rings is 1. The van der Waals surface area contributed by atoms with Crippen LogP contribution in [0.3, 0.4) is 0 Å². The zero-order valence-corrected chi connectivity index (χ0v) is 15.7. The van der Waals surface area contributed by atoms with Gasteiger partial charge in [-0.3, -0.25) is 14.5 Å². The lowest BCUT2D eigenvalue weighted by atomic mass is 10.1. The maximum atomic E-state index is 12.6. The number of rotatable bonds is 6. The molecule has 142 valence electrons. The van der Waals surface area contributed by atoms with E-state index >= 15 is 0 Å². The Morgan fingerprint density at radius 2 is 1.81 bits per heavy atom. The second-order valence-electron chi connectivity index (χ2n) is 7.39. The molecular weight excluding hydrogens is 328 g/mol. The van der Waals surface area contributed by atoms with E-state index in [4.69, 9.17) is 0 Å². The third-order valence-electron chi connectivity index (χ3n) is 5.27. The van der Waals surface area contributed by atoms with E-state index in [-0.39, 0.29) is 11.8 Å². The number of amides is 2. The molecule has 0 aliphatic carbocycles. The molecule has 6 heteroatoms. The molecule has 0 aromatic heterocycles. The monoisotopic (exact) mass is 358 g/mol. The van der Waals surface area contributed by atoms with Crippen LogP contribution >= 0.6 is 0 Å². The lowest BCUT2D eigenvalue weighted by molar-refractivity contribution is -0.124. The van der Waals surface area contributed by atoms with Crippen LogP contribution in [0.25, 0.3) is 0 Å². The van der Waals surface area contributed by atoms with Crippen molar-refractivity contribution in [2.24, 2.45) is 0 Å².